The van der Waals surface area contributed by atoms with Crippen molar-refractivity contribution in [1.82, 2.24) is 14.8 Å². The number of benzene rings is 1. The molecule has 24 heavy (non-hydrogen) atoms. The summed E-state index contributed by atoms with van der Waals surface area (Å²) >= 11 is 0. The van der Waals surface area contributed by atoms with Gasteiger partial charge < -0.3 is 9.88 Å². The Kier molecular flexibility index (Phi) is 2.95. The number of carbonyl (C=O) groups excluding carboxylic acids is 1. The van der Waals surface area contributed by atoms with E-state index < -0.39 is 0 Å². The van der Waals surface area contributed by atoms with Crippen molar-refractivity contribution in [1.29, 1.82) is 0 Å². The number of nitrogens with one attached hydrogen (secondary N) is 1. The summed E-state index contributed by atoms with van der Waals surface area (Å²) in [6, 6.07) is 7.32. The van der Waals surface area contributed by atoms with Crippen LogP contribution >= 0.6 is 0 Å². The zero-order chi connectivity index (χ0) is 16.4. The molecule has 2 aromatic rings. The molecule has 1 fully saturated rings. The summed E-state index contributed by atoms with van der Waals surface area (Å²) in [5.41, 5.74) is 5.24. The molecule has 1 N–H and O–H groups in total. The van der Waals surface area contributed by atoms with Gasteiger partial charge in [0.15, 0.2) is 0 Å². The molecule has 1 aliphatic heterocycles. The van der Waals surface area contributed by atoms with Gasteiger partial charge in [-0.05, 0) is 49.1 Å². The van der Waals surface area contributed by atoms with E-state index in [1.165, 1.54) is 27.6 Å². The number of fused-ring (bicyclic) bond motifs is 2. The van der Waals surface area contributed by atoms with Gasteiger partial charge in [0.05, 0.1) is 5.92 Å². The zero-order valence-corrected chi connectivity index (χ0v) is 14.2. The molecule has 0 bridgehead atoms. The molecule has 2 heterocycles. The fraction of sp³-hybridized carbons (Fsp3) is 0.450. The predicted molar refractivity (Wildman–Crippen MR) is 95.7 cm³/mol. The summed E-state index contributed by atoms with van der Waals surface area (Å²) in [5.74, 6) is 0.255. The predicted octanol–water partition coefficient (Wildman–Crippen LogP) is 2.66. The van der Waals surface area contributed by atoms with E-state index in [1.54, 1.807) is 0 Å². The lowest BCUT2D eigenvalue weighted by molar-refractivity contribution is -0.133. The maximum absolute atomic E-state index is 12.9. The average Bonchev–Trinajstić information content (AvgIpc) is 3.36. The van der Waals surface area contributed by atoms with Crippen LogP contribution in [0.5, 0.6) is 0 Å². The van der Waals surface area contributed by atoms with Crippen LogP contribution in [0.4, 0.5) is 0 Å². The molecule has 1 amide bonds. The average molecular weight is 321 g/mol. The number of aromatic amines is 1. The number of carbonyl (C=O) groups is 1. The van der Waals surface area contributed by atoms with Crippen LogP contribution in [-0.4, -0.2) is 53.4 Å². The largest absolute Gasteiger partial charge is 0.361 e. The van der Waals surface area contributed by atoms with Crippen LogP contribution in [0, 0.1) is 5.92 Å². The van der Waals surface area contributed by atoms with Crippen molar-refractivity contribution in [3.63, 3.8) is 0 Å². The monoisotopic (exact) mass is 321 g/mol. The molecule has 2 aliphatic carbocycles. The van der Waals surface area contributed by atoms with Crippen molar-refractivity contribution in [3.8, 4) is 0 Å². The van der Waals surface area contributed by atoms with Crippen LogP contribution in [0.2, 0.25) is 0 Å². The lowest BCUT2D eigenvalue weighted by Gasteiger charge is -2.40. The van der Waals surface area contributed by atoms with Crippen molar-refractivity contribution >= 4 is 22.4 Å². The quantitative estimate of drug-likeness (QED) is 0.924. The molecule has 4 heteroatoms. The van der Waals surface area contributed by atoms with Gasteiger partial charge in [-0.3, -0.25) is 9.69 Å². The molecular formula is C20H23N3O. The van der Waals surface area contributed by atoms with Gasteiger partial charge in [-0.25, -0.2) is 0 Å². The molecule has 0 unspecified atom stereocenters. The molecule has 0 saturated heterocycles. The van der Waals surface area contributed by atoms with E-state index in [4.69, 9.17) is 0 Å². The van der Waals surface area contributed by atoms with Crippen LogP contribution in [0.3, 0.4) is 0 Å². The van der Waals surface area contributed by atoms with Crippen molar-refractivity contribution in [2.45, 2.75) is 31.3 Å². The zero-order valence-electron chi connectivity index (χ0n) is 14.2. The summed E-state index contributed by atoms with van der Waals surface area (Å²) in [5, 5.41) is 1.34. The van der Waals surface area contributed by atoms with Gasteiger partial charge in [-0.2, -0.15) is 0 Å². The van der Waals surface area contributed by atoms with Crippen molar-refractivity contribution in [3.05, 3.63) is 41.6 Å². The number of rotatable bonds is 2. The van der Waals surface area contributed by atoms with Crippen LogP contribution in [0.1, 0.15) is 24.0 Å². The first-order chi connectivity index (χ1) is 11.6. The van der Waals surface area contributed by atoms with Crippen molar-refractivity contribution < 1.29 is 4.79 Å². The Morgan fingerprint density at radius 3 is 2.96 bits per heavy atom. The number of aromatic nitrogens is 1. The van der Waals surface area contributed by atoms with Crippen molar-refractivity contribution in [2.24, 2.45) is 5.92 Å². The SMILES string of the molecule is CN(C(=O)[C@@H]1C=C2c3cccc4[nH]cc(c34)C[C@H]2N(C)C1)C1CC1. The fourth-order valence-corrected chi connectivity index (χ4v) is 4.51. The van der Waals surface area contributed by atoms with Crippen LogP contribution in [0.25, 0.3) is 16.5 Å². The van der Waals surface area contributed by atoms with E-state index in [0.29, 0.717) is 12.1 Å². The Balaban J connectivity index is 1.59. The van der Waals surface area contributed by atoms with Crippen LogP contribution < -0.4 is 0 Å². The fourth-order valence-electron chi connectivity index (χ4n) is 4.51. The second kappa shape index (κ2) is 4.96. The summed E-state index contributed by atoms with van der Waals surface area (Å²) in [7, 11) is 4.13. The minimum Gasteiger partial charge on any atom is -0.361 e. The van der Waals surface area contributed by atoms with Gasteiger partial charge in [0, 0.05) is 42.8 Å². The molecule has 1 saturated carbocycles. The lowest BCUT2D eigenvalue weighted by atomic mass is 9.79. The first-order valence-corrected chi connectivity index (χ1v) is 8.91. The Labute approximate surface area is 142 Å². The molecule has 0 spiro atoms. The van der Waals surface area contributed by atoms with Crippen molar-refractivity contribution in [2.75, 3.05) is 20.6 Å². The highest BCUT2D eigenvalue weighted by atomic mass is 16.2. The third-order valence-corrected chi connectivity index (χ3v) is 6.03. The molecule has 124 valence electrons. The van der Waals surface area contributed by atoms with Gasteiger partial charge in [-0.1, -0.05) is 18.2 Å². The number of hydrogen-bond acceptors (Lipinski definition) is 2. The van der Waals surface area contributed by atoms with E-state index in [1.807, 2.05) is 11.9 Å². The first kappa shape index (κ1) is 14.3. The highest BCUT2D eigenvalue weighted by Crippen LogP contribution is 2.41. The summed E-state index contributed by atoms with van der Waals surface area (Å²) in [6.45, 7) is 0.819. The highest BCUT2D eigenvalue weighted by Gasteiger charge is 2.38. The van der Waals surface area contributed by atoms with E-state index >= 15 is 0 Å². The molecule has 0 radical (unpaired) electrons. The van der Waals surface area contributed by atoms with E-state index in [2.05, 4.69) is 47.4 Å². The number of nitrogens with zero attached hydrogens (tertiary/aromatic N) is 2. The minimum absolute atomic E-state index is 0.0254. The van der Waals surface area contributed by atoms with Crippen LogP contribution in [0.15, 0.2) is 30.5 Å². The molecule has 5 rings (SSSR count). The summed E-state index contributed by atoms with van der Waals surface area (Å²) < 4.78 is 0. The smallest absolute Gasteiger partial charge is 0.230 e. The normalized spacial score (nSPS) is 26.2. The second-order valence-electron chi connectivity index (χ2n) is 7.61. The minimum atomic E-state index is -0.0254. The van der Waals surface area contributed by atoms with Gasteiger partial charge in [0.1, 0.15) is 0 Å². The number of likely N-dealkylation sites (N-methyl/N-ethyl adjacent to an activating group) is 1. The number of amides is 1. The molecular weight excluding hydrogens is 298 g/mol. The number of hydrogen-bond donors (Lipinski definition) is 1. The summed E-state index contributed by atoms with van der Waals surface area (Å²) in [6.07, 6.45) is 7.76. The Hall–Kier alpha value is -2.07. The highest BCUT2D eigenvalue weighted by molar-refractivity contribution is 5.99. The maximum Gasteiger partial charge on any atom is 0.230 e. The number of H-pyrrole nitrogens is 1. The Morgan fingerprint density at radius 2 is 2.17 bits per heavy atom. The second-order valence-corrected chi connectivity index (χ2v) is 7.61. The van der Waals surface area contributed by atoms with Gasteiger partial charge >= 0.3 is 0 Å². The summed E-state index contributed by atoms with van der Waals surface area (Å²) in [4.78, 5) is 20.6. The van der Waals surface area contributed by atoms with E-state index in [9.17, 15) is 4.79 Å². The third kappa shape index (κ3) is 1.99. The molecule has 1 aromatic heterocycles. The molecule has 3 aliphatic rings. The van der Waals surface area contributed by atoms with Crippen LogP contribution in [-0.2, 0) is 11.2 Å². The van der Waals surface area contributed by atoms with Gasteiger partial charge in [-0.15, -0.1) is 0 Å². The topological polar surface area (TPSA) is 39.3 Å². The first-order valence-electron chi connectivity index (χ1n) is 8.91. The standard InChI is InChI=1S/C20H23N3O/c1-22-11-13(20(24)23(2)14-6-7-14)8-16-15-4-3-5-17-19(15)12(10-21-17)9-18(16)22/h3-5,8,10,13-14,18,21H,6-7,9,11H2,1-2H3/t13-,18-/m1/s1. The molecule has 1 aromatic carbocycles. The Morgan fingerprint density at radius 1 is 1.33 bits per heavy atom. The van der Waals surface area contributed by atoms with Gasteiger partial charge in [0.2, 0.25) is 5.91 Å². The molecule has 2 atom stereocenters. The van der Waals surface area contributed by atoms with E-state index in [-0.39, 0.29) is 11.8 Å². The van der Waals surface area contributed by atoms with E-state index in [0.717, 1.165) is 25.8 Å². The molecule has 4 nitrogen and oxygen atoms in total. The third-order valence-electron chi connectivity index (χ3n) is 6.03. The van der Waals surface area contributed by atoms with Gasteiger partial charge in [0.25, 0.3) is 0 Å². The maximum atomic E-state index is 12.9. The Bertz CT molecular complexity index is 861. The lowest BCUT2D eigenvalue weighted by Crippen LogP contribution is -2.47.